The van der Waals surface area contributed by atoms with Gasteiger partial charge in [0.2, 0.25) is 0 Å². The quantitative estimate of drug-likeness (QED) is 0.529. The van der Waals surface area contributed by atoms with Gasteiger partial charge in [-0.3, -0.25) is 9.10 Å². The zero-order valence-corrected chi connectivity index (χ0v) is 18.9. The highest BCUT2D eigenvalue weighted by atomic mass is 32.2. The number of hydrogen-bond acceptors (Lipinski definition) is 3. The summed E-state index contributed by atoms with van der Waals surface area (Å²) in [5, 5.41) is 2.93. The Morgan fingerprint density at radius 3 is 2.29 bits per heavy atom. The molecule has 0 saturated carbocycles. The van der Waals surface area contributed by atoms with Gasteiger partial charge in [0.15, 0.2) is 0 Å². The smallest absolute Gasteiger partial charge is 0.264 e. The molecule has 3 rings (SSSR count). The molecule has 0 aliphatic heterocycles. The lowest BCUT2D eigenvalue weighted by Gasteiger charge is -2.22. The first kappa shape index (κ1) is 22.6. The first-order valence-electron chi connectivity index (χ1n) is 10.3. The largest absolute Gasteiger partial charge is 0.352 e. The normalized spacial score (nSPS) is 11.2. The van der Waals surface area contributed by atoms with E-state index in [4.69, 9.17) is 0 Å². The minimum atomic E-state index is -3.71. The van der Waals surface area contributed by atoms with Gasteiger partial charge in [0.25, 0.3) is 15.9 Å². The molecule has 3 aromatic rings. The second-order valence-electron chi connectivity index (χ2n) is 7.63. The average Bonchev–Trinajstić information content (AvgIpc) is 2.78. The van der Waals surface area contributed by atoms with E-state index in [-0.39, 0.29) is 10.8 Å². The van der Waals surface area contributed by atoms with Crippen molar-refractivity contribution in [1.82, 2.24) is 5.32 Å². The average molecular weight is 437 g/mol. The molecule has 0 aliphatic carbocycles. The van der Waals surface area contributed by atoms with Crippen molar-refractivity contribution in [3.63, 3.8) is 0 Å². The van der Waals surface area contributed by atoms with Crippen molar-refractivity contribution >= 4 is 21.6 Å². The van der Waals surface area contributed by atoms with Gasteiger partial charge in [-0.25, -0.2) is 8.42 Å². The Bertz CT molecular complexity index is 1140. The number of aryl methyl sites for hydroxylation is 3. The number of nitrogens with one attached hydrogen (secondary N) is 1. The second-order valence-corrected chi connectivity index (χ2v) is 9.60. The molecular weight excluding hydrogens is 408 g/mol. The molecule has 0 saturated heterocycles. The van der Waals surface area contributed by atoms with Crippen LogP contribution in [0.5, 0.6) is 0 Å². The summed E-state index contributed by atoms with van der Waals surface area (Å²) in [5.41, 5.74) is 4.16. The number of amides is 1. The van der Waals surface area contributed by atoms with Crippen LogP contribution in [0.3, 0.4) is 0 Å². The van der Waals surface area contributed by atoms with Crippen molar-refractivity contribution in [3.05, 3.63) is 95.1 Å². The summed E-state index contributed by atoms with van der Waals surface area (Å²) in [7, 11) is -2.20. The fourth-order valence-corrected chi connectivity index (χ4v) is 4.59. The minimum absolute atomic E-state index is 0.211. The van der Waals surface area contributed by atoms with E-state index in [2.05, 4.69) is 36.5 Å². The van der Waals surface area contributed by atoms with Gasteiger partial charge in [-0.15, -0.1) is 0 Å². The number of hydrogen-bond donors (Lipinski definition) is 1. The Kier molecular flexibility index (Phi) is 7.13. The van der Waals surface area contributed by atoms with Crippen molar-refractivity contribution in [2.45, 2.75) is 31.6 Å². The first-order chi connectivity index (χ1) is 14.8. The molecule has 0 bridgehead atoms. The zero-order valence-electron chi connectivity index (χ0n) is 18.1. The van der Waals surface area contributed by atoms with Crippen molar-refractivity contribution in [2.24, 2.45) is 0 Å². The zero-order chi connectivity index (χ0) is 22.4. The summed E-state index contributed by atoms with van der Waals surface area (Å²) in [6, 6.07) is 21.8. The van der Waals surface area contributed by atoms with Crippen LogP contribution in [-0.2, 0) is 16.4 Å². The number of anilines is 1. The number of carbonyl (C=O) groups excluding carboxylic acids is 1. The predicted octanol–water partition coefficient (Wildman–Crippen LogP) is 4.49. The maximum atomic E-state index is 13.0. The van der Waals surface area contributed by atoms with Gasteiger partial charge in [0, 0.05) is 19.2 Å². The van der Waals surface area contributed by atoms with Crippen molar-refractivity contribution < 1.29 is 13.2 Å². The number of sulfonamides is 1. The molecule has 31 heavy (non-hydrogen) atoms. The fraction of sp³-hybridized carbons (Fsp3) is 0.240. The van der Waals surface area contributed by atoms with Gasteiger partial charge >= 0.3 is 0 Å². The van der Waals surface area contributed by atoms with Crippen molar-refractivity contribution in [2.75, 3.05) is 17.9 Å². The van der Waals surface area contributed by atoms with Crippen LogP contribution in [0.4, 0.5) is 5.69 Å². The molecule has 0 aliphatic rings. The van der Waals surface area contributed by atoms with E-state index in [1.807, 2.05) is 6.92 Å². The van der Waals surface area contributed by atoms with Gasteiger partial charge in [-0.1, -0.05) is 54.1 Å². The van der Waals surface area contributed by atoms with E-state index in [9.17, 15) is 13.2 Å². The molecule has 0 spiro atoms. The molecule has 6 heteroatoms. The highest BCUT2D eigenvalue weighted by Crippen LogP contribution is 2.26. The number of carbonyl (C=O) groups is 1. The highest BCUT2D eigenvalue weighted by molar-refractivity contribution is 7.92. The lowest BCUT2D eigenvalue weighted by molar-refractivity contribution is 0.0953. The maximum absolute atomic E-state index is 13.0. The SMILES string of the molecule is Cc1ccc(CCCNC(=O)c2ccc(C)c(N(C)S(=O)(=O)c3ccccc3)c2)cc1. The number of benzene rings is 3. The third-order valence-electron chi connectivity index (χ3n) is 5.26. The van der Waals surface area contributed by atoms with Crippen LogP contribution in [0.15, 0.2) is 77.7 Å². The van der Waals surface area contributed by atoms with Crippen molar-refractivity contribution in [1.29, 1.82) is 0 Å². The Morgan fingerprint density at radius 1 is 0.935 bits per heavy atom. The molecule has 1 amide bonds. The lowest BCUT2D eigenvalue weighted by Crippen LogP contribution is -2.28. The van der Waals surface area contributed by atoms with E-state index in [1.165, 1.54) is 22.5 Å². The minimum Gasteiger partial charge on any atom is -0.352 e. The van der Waals surface area contributed by atoms with E-state index in [0.29, 0.717) is 17.8 Å². The molecule has 5 nitrogen and oxygen atoms in total. The standard InChI is InChI=1S/C25H28N2O3S/c1-19-11-14-21(15-12-19)8-7-17-26-25(28)22-16-13-20(2)24(18-22)27(3)31(29,30)23-9-5-4-6-10-23/h4-6,9-16,18H,7-8,17H2,1-3H3,(H,26,28). The highest BCUT2D eigenvalue weighted by Gasteiger charge is 2.23. The molecule has 0 aromatic heterocycles. The molecule has 0 radical (unpaired) electrons. The Hall–Kier alpha value is -3.12. The van der Waals surface area contributed by atoms with E-state index >= 15 is 0 Å². The van der Waals surface area contributed by atoms with Crippen LogP contribution < -0.4 is 9.62 Å². The van der Waals surface area contributed by atoms with Crippen LogP contribution in [-0.4, -0.2) is 27.9 Å². The van der Waals surface area contributed by atoms with Crippen LogP contribution >= 0.6 is 0 Å². The topological polar surface area (TPSA) is 66.5 Å². The molecule has 1 N–H and O–H groups in total. The molecule has 0 heterocycles. The predicted molar refractivity (Wildman–Crippen MR) is 125 cm³/mol. The first-order valence-corrected chi connectivity index (χ1v) is 11.7. The summed E-state index contributed by atoms with van der Waals surface area (Å²) in [6.07, 6.45) is 1.72. The van der Waals surface area contributed by atoms with E-state index in [0.717, 1.165) is 18.4 Å². The van der Waals surface area contributed by atoms with Gasteiger partial charge in [-0.2, -0.15) is 0 Å². The van der Waals surface area contributed by atoms with Gasteiger partial charge < -0.3 is 5.32 Å². The monoisotopic (exact) mass is 436 g/mol. The van der Waals surface area contributed by atoms with Crippen LogP contribution in [0, 0.1) is 13.8 Å². The Balaban J connectivity index is 1.67. The molecule has 0 unspecified atom stereocenters. The molecular formula is C25H28N2O3S. The summed E-state index contributed by atoms with van der Waals surface area (Å²) >= 11 is 0. The fourth-order valence-electron chi connectivity index (χ4n) is 3.32. The Labute approximate surface area is 184 Å². The summed E-state index contributed by atoms with van der Waals surface area (Å²) in [4.78, 5) is 12.8. The van der Waals surface area contributed by atoms with Gasteiger partial charge in [0.05, 0.1) is 10.6 Å². The Morgan fingerprint density at radius 2 is 1.61 bits per heavy atom. The summed E-state index contributed by atoms with van der Waals surface area (Å²) in [6.45, 7) is 4.44. The lowest BCUT2D eigenvalue weighted by atomic mass is 10.1. The molecule has 0 fully saturated rings. The van der Waals surface area contributed by atoms with E-state index < -0.39 is 10.0 Å². The molecule has 0 atom stereocenters. The van der Waals surface area contributed by atoms with Gasteiger partial charge in [0.1, 0.15) is 0 Å². The summed E-state index contributed by atoms with van der Waals surface area (Å²) in [5.74, 6) is -0.212. The van der Waals surface area contributed by atoms with E-state index in [1.54, 1.807) is 48.5 Å². The third-order valence-corrected chi connectivity index (χ3v) is 7.05. The third kappa shape index (κ3) is 5.52. The van der Waals surface area contributed by atoms with Gasteiger partial charge in [-0.05, 0) is 62.1 Å². The second kappa shape index (κ2) is 9.79. The van der Waals surface area contributed by atoms with Crippen LogP contribution in [0.25, 0.3) is 0 Å². The van der Waals surface area contributed by atoms with Crippen LogP contribution in [0.1, 0.15) is 33.5 Å². The van der Waals surface area contributed by atoms with Crippen LogP contribution in [0.2, 0.25) is 0 Å². The molecule has 3 aromatic carbocycles. The number of rotatable bonds is 8. The van der Waals surface area contributed by atoms with Crippen molar-refractivity contribution in [3.8, 4) is 0 Å². The number of nitrogens with zero attached hydrogens (tertiary/aromatic N) is 1. The maximum Gasteiger partial charge on any atom is 0.264 e. The molecule has 162 valence electrons. The summed E-state index contributed by atoms with van der Waals surface area (Å²) < 4.78 is 27.1.